The maximum absolute atomic E-state index is 14.2. The van der Waals surface area contributed by atoms with Gasteiger partial charge in [-0.15, -0.1) is 0 Å². The summed E-state index contributed by atoms with van der Waals surface area (Å²) in [7, 11) is 2.01. The van der Waals surface area contributed by atoms with Gasteiger partial charge in [-0.1, -0.05) is 42.5 Å². The van der Waals surface area contributed by atoms with Crippen molar-refractivity contribution in [2.24, 2.45) is 5.92 Å². The SMILES string of the molecule is CN1C[C@H](C(=O)N[C@]2(C)O[C@@]3(O)[C@H](CCC(=O)O)NC(=O)[C@H](Cc4ccccc4)N3C2=O)C[C@H]2c3cccc4[nH]cc(c34)C[C@H]21. The molecule has 4 aliphatic rings. The molecule has 2 aromatic carbocycles. The number of aliphatic hydroxyl groups is 1. The minimum Gasteiger partial charge on any atom is -0.481 e. The van der Waals surface area contributed by atoms with E-state index in [0.717, 1.165) is 22.4 Å². The standard InChI is InChI=1S/C33H37N5O7/c1-32(36-29(41)20-14-22-21-9-6-10-23-28(21)19(16-34-23)15-24(22)37(2)17-20)31(43)38-25(13-18-7-4-3-5-8-18)30(42)35-26(11-12-27(39)40)33(38,44)45-32/h3-10,16,20,22,24-26,34,44H,11-15,17H2,1-2H3,(H,35,42)(H,36,41)(H,39,40)/t20-,22+,24-,25+,26+,32-,33+/m1/s1. The maximum atomic E-state index is 14.2. The first-order valence-corrected chi connectivity index (χ1v) is 15.4. The summed E-state index contributed by atoms with van der Waals surface area (Å²) < 4.78 is 6.07. The molecule has 12 heteroatoms. The zero-order valence-electron chi connectivity index (χ0n) is 25.2. The van der Waals surface area contributed by atoms with Crippen LogP contribution in [0.25, 0.3) is 10.9 Å². The lowest BCUT2D eigenvalue weighted by molar-refractivity contribution is -0.303. The summed E-state index contributed by atoms with van der Waals surface area (Å²) in [6, 6.07) is 13.1. The molecule has 0 unspecified atom stereocenters. The van der Waals surface area contributed by atoms with E-state index in [-0.39, 0.29) is 31.2 Å². The normalized spacial score (nSPS) is 32.6. The number of hydrogen-bond donors (Lipinski definition) is 5. The Morgan fingerprint density at radius 2 is 1.91 bits per heavy atom. The van der Waals surface area contributed by atoms with Gasteiger partial charge in [0, 0.05) is 48.4 Å². The molecule has 4 heterocycles. The Labute approximate surface area is 259 Å². The molecule has 3 aliphatic heterocycles. The number of likely N-dealkylation sites (tertiary alicyclic amines) is 1. The smallest absolute Gasteiger partial charge is 0.303 e. The third kappa shape index (κ3) is 4.79. The number of ether oxygens (including phenoxy) is 1. The number of carboxylic acids is 1. The number of benzene rings is 2. The highest BCUT2D eigenvalue weighted by Gasteiger charge is 2.67. The molecule has 0 bridgehead atoms. The quantitative estimate of drug-likeness (QED) is 0.267. The average molecular weight is 616 g/mol. The van der Waals surface area contributed by atoms with Crippen molar-refractivity contribution >= 4 is 34.6 Å². The van der Waals surface area contributed by atoms with E-state index in [4.69, 9.17) is 4.74 Å². The fraction of sp³-hybridized carbons (Fsp3) is 0.455. The molecule has 7 atom stereocenters. The monoisotopic (exact) mass is 615 g/mol. The molecule has 3 amide bonds. The Hall–Kier alpha value is -4.26. The molecule has 0 saturated carbocycles. The highest BCUT2D eigenvalue weighted by molar-refractivity contribution is 5.97. The lowest BCUT2D eigenvalue weighted by atomic mass is 9.72. The zero-order valence-corrected chi connectivity index (χ0v) is 25.2. The molecule has 0 radical (unpaired) electrons. The molecule has 236 valence electrons. The predicted molar refractivity (Wildman–Crippen MR) is 161 cm³/mol. The highest BCUT2D eigenvalue weighted by Crippen LogP contribution is 2.45. The van der Waals surface area contributed by atoms with Gasteiger partial charge in [-0.2, -0.15) is 0 Å². The van der Waals surface area contributed by atoms with Gasteiger partial charge < -0.3 is 30.7 Å². The van der Waals surface area contributed by atoms with Crippen molar-refractivity contribution in [3.63, 3.8) is 0 Å². The molecule has 3 aromatic rings. The highest BCUT2D eigenvalue weighted by atomic mass is 16.7. The van der Waals surface area contributed by atoms with E-state index >= 15 is 0 Å². The lowest BCUT2D eigenvalue weighted by Crippen LogP contribution is -2.72. The van der Waals surface area contributed by atoms with E-state index in [9.17, 15) is 29.4 Å². The Balaban J connectivity index is 1.16. The van der Waals surface area contributed by atoms with Crippen molar-refractivity contribution < 1.29 is 34.1 Å². The van der Waals surface area contributed by atoms with Crippen LogP contribution in [-0.4, -0.2) is 92.0 Å². The number of H-pyrrole nitrogens is 1. The predicted octanol–water partition coefficient (Wildman–Crippen LogP) is 1.44. The summed E-state index contributed by atoms with van der Waals surface area (Å²) >= 11 is 0. The number of nitrogens with zero attached hydrogens (tertiary/aromatic N) is 2. The largest absolute Gasteiger partial charge is 0.481 e. The van der Waals surface area contributed by atoms with E-state index < -0.39 is 53.3 Å². The fourth-order valence-electron chi connectivity index (χ4n) is 7.95. The van der Waals surface area contributed by atoms with Crippen molar-refractivity contribution in [3.05, 3.63) is 71.4 Å². The number of carboxylic acid groups (broad SMARTS) is 1. The van der Waals surface area contributed by atoms with E-state index in [1.165, 1.54) is 23.4 Å². The van der Waals surface area contributed by atoms with Crippen LogP contribution in [0, 0.1) is 5.92 Å². The number of amides is 3. The molecule has 12 nitrogen and oxygen atoms in total. The maximum Gasteiger partial charge on any atom is 0.303 e. The van der Waals surface area contributed by atoms with Gasteiger partial charge in [0.25, 0.3) is 11.8 Å². The molecule has 0 spiro atoms. The van der Waals surface area contributed by atoms with Crippen LogP contribution in [0.15, 0.2) is 54.7 Å². The molecule has 5 N–H and O–H groups in total. The van der Waals surface area contributed by atoms with Crippen LogP contribution in [0.1, 0.15) is 48.8 Å². The summed E-state index contributed by atoms with van der Waals surface area (Å²) in [6.45, 7) is 1.85. The molecule has 3 fully saturated rings. The second kappa shape index (κ2) is 10.7. The average Bonchev–Trinajstić information content (AvgIpc) is 3.51. The summed E-state index contributed by atoms with van der Waals surface area (Å²) in [5.41, 5.74) is 2.30. The summed E-state index contributed by atoms with van der Waals surface area (Å²) in [6.07, 6.45) is 3.03. The number of likely N-dealkylation sites (N-methyl/N-ethyl adjacent to an activating group) is 1. The van der Waals surface area contributed by atoms with E-state index in [2.05, 4.69) is 38.8 Å². The molecule has 3 saturated heterocycles. The van der Waals surface area contributed by atoms with Gasteiger partial charge >= 0.3 is 5.97 Å². The second-order valence-electron chi connectivity index (χ2n) is 13.0. The summed E-state index contributed by atoms with van der Waals surface area (Å²) in [5.74, 6) is -5.58. The Bertz CT molecular complexity index is 1690. The number of piperazine rings is 1. The molecule has 7 rings (SSSR count). The molecule has 1 aliphatic carbocycles. The number of carbonyl (C=O) groups is 4. The first-order chi connectivity index (χ1) is 21.5. The number of aliphatic carboxylic acids is 1. The number of carbonyl (C=O) groups excluding carboxylic acids is 3. The van der Waals surface area contributed by atoms with Gasteiger partial charge in [-0.05, 0) is 56.0 Å². The Morgan fingerprint density at radius 3 is 2.67 bits per heavy atom. The van der Waals surface area contributed by atoms with Crippen LogP contribution in [-0.2, 0) is 36.8 Å². The molecule has 1 aromatic heterocycles. The van der Waals surface area contributed by atoms with Crippen LogP contribution >= 0.6 is 0 Å². The molecular weight excluding hydrogens is 578 g/mol. The van der Waals surface area contributed by atoms with Gasteiger partial charge in [-0.25, -0.2) is 0 Å². The topological polar surface area (TPSA) is 164 Å². The number of rotatable bonds is 7. The number of piperidine rings is 1. The second-order valence-corrected chi connectivity index (χ2v) is 13.0. The Kier molecular flexibility index (Phi) is 6.99. The molecule has 45 heavy (non-hydrogen) atoms. The van der Waals surface area contributed by atoms with Crippen LogP contribution < -0.4 is 10.6 Å². The van der Waals surface area contributed by atoms with Crippen LogP contribution in [0.3, 0.4) is 0 Å². The number of aromatic nitrogens is 1. The first kappa shape index (κ1) is 29.5. The van der Waals surface area contributed by atoms with Gasteiger partial charge in [0.2, 0.25) is 17.5 Å². The third-order valence-electron chi connectivity index (χ3n) is 10.1. The summed E-state index contributed by atoms with van der Waals surface area (Å²) in [5, 5.41) is 28.0. The van der Waals surface area contributed by atoms with E-state index in [1.54, 1.807) is 24.3 Å². The van der Waals surface area contributed by atoms with Gasteiger partial charge in [-0.3, -0.25) is 28.8 Å². The first-order valence-electron chi connectivity index (χ1n) is 15.4. The number of nitrogens with one attached hydrogen (secondary N) is 3. The van der Waals surface area contributed by atoms with Crippen molar-refractivity contribution in [2.45, 2.75) is 74.7 Å². The van der Waals surface area contributed by atoms with E-state index in [0.29, 0.717) is 13.0 Å². The third-order valence-corrected chi connectivity index (χ3v) is 10.1. The lowest BCUT2D eigenvalue weighted by Gasteiger charge is -2.46. The van der Waals surface area contributed by atoms with E-state index in [1.807, 2.05) is 19.2 Å². The zero-order chi connectivity index (χ0) is 31.7. The minimum atomic E-state index is -2.37. The van der Waals surface area contributed by atoms with Crippen molar-refractivity contribution in [2.75, 3.05) is 13.6 Å². The number of aromatic amines is 1. The van der Waals surface area contributed by atoms with Gasteiger partial charge in [0.15, 0.2) is 0 Å². The minimum absolute atomic E-state index is 0.0862. The Morgan fingerprint density at radius 1 is 1.13 bits per heavy atom. The van der Waals surface area contributed by atoms with Crippen molar-refractivity contribution in [1.29, 1.82) is 0 Å². The van der Waals surface area contributed by atoms with Crippen LogP contribution in [0.4, 0.5) is 0 Å². The number of hydrogen-bond acceptors (Lipinski definition) is 7. The van der Waals surface area contributed by atoms with Crippen molar-refractivity contribution in [3.8, 4) is 0 Å². The fourth-order valence-corrected chi connectivity index (χ4v) is 7.95. The van der Waals surface area contributed by atoms with Crippen LogP contribution in [0.5, 0.6) is 0 Å². The number of fused-ring (bicyclic) bond motifs is 3. The van der Waals surface area contributed by atoms with Gasteiger partial charge in [0.05, 0.1) is 5.92 Å². The summed E-state index contributed by atoms with van der Waals surface area (Å²) in [4.78, 5) is 59.4. The van der Waals surface area contributed by atoms with Crippen LogP contribution in [0.2, 0.25) is 0 Å². The van der Waals surface area contributed by atoms with Crippen molar-refractivity contribution in [1.82, 2.24) is 25.4 Å². The van der Waals surface area contributed by atoms with Gasteiger partial charge in [0.1, 0.15) is 12.1 Å². The molecular formula is C33H37N5O7.